The van der Waals surface area contributed by atoms with Gasteiger partial charge in [-0.05, 0) is 54.7 Å². The molecular formula is C22H16N6S. The van der Waals surface area contributed by atoms with E-state index in [2.05, 4.69) is 39.4 Å². The molecule has 2 aromatic carbocycles. The molecule has 29 heavy (non-hydrogen) atoms. The van der Waals surface area contributed by atoms with Crippen LogP contribution < -0.4 is 5.73 Å². The topological polar surface area (TPSA) is 104 Å². The number of hydrogen-bond acceptors (Lipinski definition) is 6. The monoisotopic (exact) mass is 396 g/mol. The zero-order valence-corrected chi connectivity index (χ0v) is 16.3. The predicted octanol–water partition coefficient (Wildman–Crippen LogP) is 4.60. The van der Waals surface area contributed by atoms with Gasteiger partial charge in [-0.15, -0.1) is 0 Å². The van der Waals surface area contributed by atoms with Crippen LogP contribution in [0.5, 0.6) is 0 Å². The van der Waals surface area contributed by atoms with Gasteiger partial charge in [-0.25, -0.2) is 9.97 Å². The molecule has 1 unspecified atom stereocenters. The van der Waals surface area contributed by atoms with Crippen LogP contribution in [0, 0.1) is 17.2 Å². The summed E-state index contributed by atoms with van der Waals surface area (Å²) in [5.41, 5.74) is 13.3. The van der Waals surface area contributed by atoms with E-state index in [1.165, 1.54) is 22.5 Å². The van der Waals surface area contributed by atoms with Crippen molar-refractivity contribution >= 4 is 48.5 Å². The second-order valence-corrected chi connectivity index (χ2v) is 8.57. The molecule has 3 aromatic heterocycles. The quantitative estimate of drug-likeness (QED) is 0.431. The van der Waals surface area contributed by atoms with Crippen LogP contribution in [0.2, 0.25) is 0 Å². The number of H-pyrrole nitrogens is 1. The Kier molecular flexibility index (Phi) is 3.40. The fraction of sp³-hybridized carbons (Fsp3) is 0.182. The average molecular weight is 396 g/mol. The van der Waals surface area contributed by atoms with E-state index < -0.39 is 0 Å². The van der Waals surface area contributed by atoms with Gasteiger partial charge in [0.1, 0.15) is 0 Å². The Hall–Kier alpha value is -3.50. The van der Waals surface area contributed by atoms with Gasteiger partial charge in [0.05, 0.1) is 45.1 Å². The Morgan fingerprint density at radius 1 is 1.14 bits per heavy atom. The van der Waals surface area contributed by atoms with Gasteiger partial charge in [0.15, 0.2) is 5.13 Å². The lowest BCUT2D eigenvalue weighted by Crippen LogP contribution is -2.15. The number of rotatable bonds is 1. The fourth-order valence-corrected chi connectivity index (χ4v) is 5.27. The first kappa shape index (κ1) is 16.5. The Morgan fingerprint density at radius 3 is 2.93 bits per heavy atom. The number of nitrogens with two attached hydrogens (primary N) is 1. The highest BCUT2D eigenvalue weighted by molar-refractivity contribution is 7.22. The van der Waals surface area contributed by atoms with E-state index in [0.717, 1.165) is 62.5 Å². The molecule has 0 spiro atoms. The number of benzene rings is 2. The number of nitriles is 1. The molecule has 0 amide bonds. The number of fused-ring (bicyclic) bond motifs is 6. The molecule has 0 radical (unpaired) electrons. The summed E-state index contributed by atoms with van der Waals surface area (Å²) in [6.07, 6.45) is 4.35. The van der Waals surface area contributed by atoms with E-state index in [-0.39, 0.29) is 5.92 Å². The first-order chi connectivity index (χ1) is 14.2. The van der Waals surface area contributed by atoms with Gasteiger partial charge in [-0.1, -0.05) is 17.4 Å². The number of thiazole rings is 1. The van der Waals surface area contributed by atoms with Crippen LogP contribution in [0.1, 0.15) is 17.5 Å². The molecule has 3 heterocycles. The Balaban J connectivity index is 1.68. The number of aromatic amines is 1. The van der Waals surface area contributed by atoms with E-state index in [1.54, 1.807) is 0 Å². The number of nitrogens with one attached hydrogen (secondary N) is 1. The summed E-state index contributed by atoms with van der Waals surface area (Å²) in [6, 6.07) is 12.7. The average Bonchev–Trinajstić information content (AvgIpc) is 3.37. The van der Waals surface area contributed by atoms with Crippen molar-refractivity contribution in [3.63, 3.8) is 0 Å². The predicted molar refractivity (Wildman–Crippen MR) is 116 cm³/mol. The molecule has 1 atom stereocenters. The van der Waals surface area contributed by atoms with Crippen LogP contribution in [0.3, 0.4) is 0 Å². The summed E-state index contributed by atoms with van der Waals surface area (Å²) in [5.74, 6) is 0.0202. The van der Waals surface area contributed by atoms with Gasteiger partial charge < -0.3 is 5.73 Å². The number of pyridine rings is 1. The van der Waals surface area contributed by atoms with E-state index in [1.807, 2.05) is 18.3 Å². The van der Waals surface area contributed by atoms with E-state index in [0.29, 0.717) is 5.13 Å². The molecule has 1 aliphatic carbocycles. The van der Waals surface area contributed by atoms with Gasteiger partial charge in [0.25, 0.3) is 0 Å². The van der Waals surface area contributed by atoms with Crippen LogP contribution in [0.25, 0.3) is 43.3 Å². The van der Waals surface area contributed by atoms with Crippen LogP contribution >= 0.6 is 11.3 Å². The number of anilines is 1. The van der Waals surface area contributed by atoms with Crippen LogP contribution in [0.4, 0.5) is 5.13 Å². The molecule has 0 bridgehead atoms. The van der Waals surface area contributed by atoms with Gasteiger partial charge in [-0.2, -0.15) is 10.4 Å². The number of nitrogens with zero attached hydrogens (tertiary/aromatic N) is 4. The number of nitrogen functional groups attached to an aromatic ring is 1. The third-order valence-electron chi connectivity index (χ3n) is 5.84. The molecule has 1 aliphatic rings. The SMILES string of the molecule is N#CC1CCc2c(c(-c3ccc4nc(N)sc4c3)nc3ccc4[nH]ncc4c23)C1. The minimum absolute atomic E-state index is 0.0202. The standard InChI is InChI=1S/C22H16N6S/c23-9-11-1-3-13-14(7-11)21(12-2-4-17-19(8-12)29-22(24)27-17)26-18-6-5-16-15(20(13)18)10-25-28-16/h2,4-6,8,10-11H,1,3,7H2,(H2,24,27)(H,25,28). The van der Waals surface area contributed by atoms with Crippen LogP contribution in [0.15, 0.2) is 36.5 Å². The largest absolute Gasteiger partial charge is 0.375 e. The summed E-state index contributed by atoms with van der Waals surface area (Å²) < 4.78 is 1.05. The van der Waals surface area contributed by atoms with Crippen molar-refractivity contribution in [1.82, 2.24) is 20.2 Å². The molecule has 5 aromatic rings. The molecule has 0 aliphatic heterocycles. The molecule has 7 heteroatoms. The summed E-state index contributed by atoms with van der Waals surface area (Å²) >= 11 is 1.48. The highest BCUT2D eigenvalue weighted by Crippen LogP contribution is 2.40. The highest BCUT2D eigenvalue weighted by Gasteiger charge is 2.26. The Bertz CT molecular complexity index is 1470. The Labute approximate surface area is 170 Å². The summed E-state index contributed by atoms with van der Waals surface area (Å²) in [5, 5.41) is 19.7. The molecule has 6 rings (SSSR count). The van der Waals surface area contributed by atoms with Gasteiger partial charge in [-0.3, -0.25) is 5.10 Å². The highest BCUT2D eigenvalue weighted by atomic mass is 32.1. The van der Waals surface area contributed by atoms with Crippen molar-refractivity contribution in [2.45, 2.75) is 19.3 Å². The van der Waals surface area contributed by atoms with Crippen molar-refractivity contribution in [3.8, 4) is 17.3 Å². The molecular weight excluding hydrogens is 380 g/mol. The second kappa shape index (κ2) is 6.00. The first-order valence-electron chi connectivity index (χ1n) is 9.55. The Morgan fingerprint density at radius 2 is 2.03 bits per heavy atom. The molecule has 140 valence electrons. The normalized spacial score (nSPS) is 16.3. The lowest BCUT2D eigenvalue weighted by Gasteiger charge is -2.24. The minimum Gasteiger partial charge on any atom is -0.375 e. The molecule has 0 fully saturated rings. The third-order valence-corrected chi connectivity index (χ3v) is 6.69. The zero-order valence-electron chi connectivity index (χ0n) is 15.4. The lowest BCUT2D eigenvalue weighted by atomic mass is 9.80. The lowest BCUT2D eigenvalue weighted by molar-refractivity contribution is 0.567. The van der Waals surface area contributed by atoms with Crippen molar-refractivity contribution in [2.24, 2.45) is 5.92 Å². The van der Waals surface area contributed by atoms with Gasteiger partial charge in [0.2, 0.25) is 0 Å². The van der Waals surface area contributed by atoms with Crippen molar-refractivity contribution in [2.75, 3.05) is 5.73 Å². The maximum Gasteiger partial charge on any atom is 0.181 e. The second-order valence-electron chi connectivity index (χ2n) is 7.51. The minimum atomic E-state index is 0.0202. The summed E-state index contributed by atoms with van der Waals surface area (Å²) in [4.78, 5) is 9.43. The van der Waals surface area contributed by atoms with E-state index in [9.17, 15) is 5.26 Å². The molecule has 6 nitrogen and oxygen atoms in total. The van der Waals surface area contributed by atoms with Crippen LogP contribution in [-0.4, -0.2) is 20.2 Å². The van der Waals surface area contributed by atoms with E-state index in [4.69, 9.17) is 10.7 Å². The molecule has 0 saturated heterocycles. The zero-order chi connectivity index (χ0) is 19.5. The van der Waals surface area contributed by atoms with Gasteiger partial charge >= 0.3 is 0 Å². The maximum absolute atomic E-state index is 9.57. The first-order valence-corrected chi connectivity index (χ1v) is 10.4. The third kappa shape index (κ3) is 2.43. The van der Waals surface area contributed by atoms with Crippen LogP contribution in [-0.2, 0) is 12.8 Å². The van der Waals surface area contributed by atoms with Crippen molar-refractivity contribution in [3.05, 3.63) is 47.7 Å². The maximum atomic E-state index is 9.57. The number of aromatic nitrogens is 4. The number of hydrogen-bond donors (Lipinski definition) is 2. The number of aryl methyl sites for hydroxylation is 1. The van der Waals surface area contributed by atoms with Crippen molar-refractivity contribution < 1.29 is 0 Å². The molecule has 3 N–H and O–H groups in total. The summed E-state index contributed by atoms with van der Waals surface area (Å²) in [6.45, 7) is 0. The van der Waals surface area contributed by atoms with E-state index >= 15 is 0 Å². The van der Waals surface area contributed by atoms with Gasteiger partial charge in [0, 0.05) is 16.3 Å². The fourth-order valence-electron chi connectivity index (χ4n) is 4.50. The molecule has 0 saturated carbocycles. The van der Waals surface area contributed by atoms with Crippen molar-refractivity contribution in [1.29, 1.82) is 5.26 Å². The smallest absolute Gasteiger partial charge is 0.181 e. The summed E-state index contributed by atoms with van der Waals surface area (Å²) in [7, 11) is 0.